The standard InChI is InChI=1S/C14H18N2O3/c1-14(13(17)16(2)6-5-15-14)10-3-4-11-12(9-10)19-8-7-18-11/h3-4,9,15H,5-8H2,1-2H3. The highest BCUT2D eigenvalue weighted by atomic mass is 16.6. The summed E-state index contributed by atoms with van der Waals surface area (Å²) >= 11 is 0. The van der Waals surface area contributed by atoms with E-state index >= 15 is 0 Å². The van der Waals surface area contributed by atoms with Gasteiger partial charge in [0, 0.05) is 20.1 Å². The average Bonchev–Trinajstić information content (AvgIpc) is 2.44. The summed E-state index contributed by atoms with van der Waals surface area (Å²) in [6, 6.07) is 5.70. The maximum absolute atomic E-state index is 12.4. The molecule has 1 atom stereocenters. The average molecular weight is 262 g/mol. The molecule has 2 heterocycles. The Labute approximate surface area is 112 Å². The van der Waals surface area contributed by atoms with Gasteiger partial charge in [-0.3, -0.25) is 10.1 Å². The zero-order chi connectivity index (χ0) is 13.5. The quantitative estimate of drug-likeness (QED) is 0.811. The largest absolute Gasteiger partial charge is 0.486 e. The molecule has 19 heavy (non-hydrogen) atoms. The second-order valence-electron chi connectivity index (χ2n) is 5.14. The number of benzene rings is 1. The number of likely N-dealkylation sites (N-methyl/N-ethyl adjacent to an activating group) is 1. The monoisotopic (exact) mass is 262 g/mol. The third-order valence-electron chi connectivity index (χ3n) is 3.82. The molecule has 0 spiro atoms. The summed E-state index contributed by atoms with van der Waals surface area (Å²) in [6.07, 6.45) is 0. The predicted octanol–water partition coefficient (Wildman–Crippen LogP) is 0.735. The first-order chi connectivity index (χ1) is 9.11. The first-order valence-corrected chi connectivity index (χ1v) is 6.52. The van der Waals surface area contributed by atoms with Gasteiger partial charge in [0.2, 0.25) is 5.91 Å². The van der Waals surface area contributed by atoms with Crippen molar-refractivity contribution in [2.24, 2.45) is 0 Å². The molecule has 1 unspecified atom stereocenters. The van der Waals surface area contributed by atoms with Crippen LogP contribution < -0.4 is 14.8 Å². The van der Waals surface area contributed by atoms with Crippen molar-refractivity contribution >= 4 is 5.91 Å². The number of nitrogens with zero attached hydrogens (tertiary/aromatic N) is 1. The first kappa shape index (κ1) is 12.3. The predicted molar refractivity (Wildman–Crippen MR) is 70.4 cm³/mol. The van der Waals surface area contributed by atoms with E-state index in [2.05, 4.69) is 5.32 Å². The molecular formula is C14H18N2O3. The lowest BCUT2D eigenvalue weighted by Gasteiger charge is -2.39. The van der Waals surface area contributed by atoms with Crippen LogP contribution in [0.15, 0.2) is 18.2 Å². The molecule has 1 saturated heterocycles. The highest BCUT2D eigenvalue weighted by Crippen LogP contribution is 2.35. The number of hydrogen-bond acceptors (Lipinski definition) is 4. The van der Waals surface area contributed by atoms with Crippen LogP contribution in [0.1, 0.15) is 12.5 Å². The fraction of sp³-hybridized carbons (Fsp3) is 0.500. The van der Waals surface area contributed by atoms with Crippen molar-refractivity contribution in [3.63, 3.8) is 0 Å². The van der Waals surface area contributed by atoms with E-state index in [9.17, 15) is 4.79 Å². The van der Waals surface area contributed by atoms with Crippen molar-refractivity contribution in [1.29, 1.82) is 0 Å². The zero-order valence-corrected chi connectivity index (χ0v) is 11.2. The highest BCUT2D eigenvalue weighted by molar-refractivity contribution is 5.88. The van der Waals surface area contributed by atoms with Crippen LogP contribution in [-0.4, -0.2) is 44.2 Å². The Kier molecular flexibility index (Phi) is 2.86. The third-order valence-corrected chi connectivity index (χ3v) is 3.82. The van der Waals surface area contributed by atoms with Gasteiger partial charge in [-0.25, -0.2) is 0 Å². The molecule has 5 nitrogen and oxygen atoms in total. The van der Waals surface area contributed by atoms with E-state index < -0.39 is 5.54 Å². The number of amides is 1. The number of hydrogen-bond donors (Lipinski definition) is 1. The van der Waals surface area contributed by atoms with Crippen molar-refractivity contribution in [2.75, 3.05) is 33.4 Å². The third kappa shape index (κ3) is 1.94. The van der Waals surface area contributed by atoms with Crippen LogP contribution in [0.5, 0.6) is 11.5 Å². The molecule has 102 valence electrons. The van der Waals surface area contributed by atoms with E-state index in [4.69, 9.17) is 9.47 Å². The molecule has 0 radical (unpaired) electrons. The van der Waals surface area contributed by atoms with Gasteiger partial charge in [0.05, 0.1) is 0 Å². The summed E-state index contributed by atoms with van der Waals surface area (Å²) in [5.41, 5.74) is 0.219. The highest BCUT2D eigenvalue weighted by Gasteiger charge is 2.40. The SMILES string of the molecule is CN1CCNC(C)(c2ccc3c(c2)OCCO3)C1=O. The molecule has 1 aromatic carbocycles. The Morgan fingerprint density at radius 3 is 2.79 bits per heavy atom. The topological polar surface area (TPSA) is 50.8 Å². The number of piperazine rings is 1. The first-order valence-electron chi connectivity index (χ1n) is 6.52. The minimum Gasteiger partial charge on any atom is -0.486 e. The summed E-state index contributed by atoms with van der Waals surface area (Å²) in [5, 5.41) is 3.31. The van der Waals surface area contributed by atoms with Crippen LogP contribution in [0.2, 0.25) is 0 Å². The second-order valence-corrected chi connectivity index (χ2v) is 5.14. The Morgan fingerprint density at radius 1 is 1.26 bits per heavy atom. The van der Waals surface area contributed by atoms with Crippen LogP contribution in [0.4, 0.5) is 0 Å². The van der Waals surface area contributed by atoms with Gasteiger partial charge in [-0.1, -0.05) is 6.07 Å². The number of ether oxygens (including phenoxy) is 2. The number of carbonyl (C=O) groups is 1. The Hall–Kier alpha value is -1.75. The summed E-state index contributed by atoms with van der Waals surface area (Å²) in [7, 11) is 1.83. The van der Waals surface area contributed by atoms with Gasteiger partial charge in [0.15, 0.2) is 11.5 Å². The summed E-state index contributed by atoms with van der Waals surface area (Å²) in [4.78, 5) is 14.2. The van der Waals surface area contributed by atoms with Gasteiger partial charge in [0.1, 0.15) is 18.8 Å². The van der Waals surface area contributed by atoms with Crippen molar-refractivity contribution in [1.82, 2.24) is 10.2 Å². The normalized spacial score (nSPS) is 26.4. The van der Waals surface area contributed by atoms with Gasteiger partial charge in [-0.15, -0.1) is 0 Å². The molecule has 2 aliphatic rings. The second kappa shape index (κ2) is 4.42. The van der Waals surface area contributed by atoms with Crippen LogP contribution in [-0.2, 0) is 10.3 Å². The van der Waals surface area contributed by atoms with Gasteiger partial charge >= 0.3 is 0 Å². The molecule has 1 aromatic rings. The maximum Gasteiger partial charge on any atom is 0.246 e. The number of nitrogens with one attached hydrogen (secondary N) is 1. The Morgan fingerprint density at radius 2 is 2.00 bits per heavy atom. The lowest BCUT2D eigenvalue weighted by Crippen LogP contribution is -2.59. The van der Waals surface area contributed by atoms with E-state index in [1.807, 2.05) is 32.2 Å². The molecule has 0 aromatic heterocycles. The fourth-order valence-corrected chi connectivity index (χ4v) is 2.61. The van der Waals surface area contributed by atoms with E-state index in [1.54, 1.807) is 4.90 Å². The molecule has 1 amide bonds. The zero-order valence-electron chi connectivity index (χ0n) is 11.2. The van der Waals surface area contributed by atoms with Gasteiger partial charge < -0.3 is 14.4 Å². The van der Waals surface area contributed by atoms with Crippen molar-refractivity contribution < 1.29 is 14.3 Å². The summed E-state index contributed by atoms with van der Waals surface area (Å²) in [6.45, 7) is 4.56. The molecule has 2 aliphatic heterocycles. The van der Waals surface area contributed by atoms with Gasteiger partial charge in [-0.2, -0.15) is 0 Å². The minimum atomic E-state index is -0.692. The van der Waals surface area contributed by atoms with E-state index in [0.29, 0.717) is 19.0 Å². The van der Waals surface area contributed by atoms with Crippen molar-refractivity contribution in [3.8, 4) is 11.5 Å². The molecule has 5 heteroatoms. The Balaban J connectivity index is 1.98. The Bertz CT molecular complexity index is 517. The van der Waals surface area contributed by atoms with Crippen LogP contribution in [0, 0.1) is 0 Å². The van der Waals surface area contributed by atoms with Crippen molar-refractivity contribution in [3.05, 3.63) is 23.8 Å². The summed E-state index contributed by atoms with van der Waals surface area (Å²) in [5.74, 6) is 1.54. The maximum atomic E-state index is 12.4. The number of fused-ring (bicyclic) bond motifs is 1. The lowest BCUT2D eigenvalue weighted by molar-refractivity contribution is -0.139. The molecule has 0 saturated carbocycles. The molecule has 1 N–H and O–H groups in total. The molecule has 1 fully saturated rings. The lowest BCUT2D eigenvalue weighted by atomic mass is 9.88. The van der Waals surface area contributed by atoms with Crippen molar-refractivity contribution in [2.45, 2.75) is 12.5 Å². The molecule has 0 aliphatic carbocycles. The number of rotatable bonds is 1. The molecule has 3 rings (SSSR count). The van der Waals surface area contributed by atoms with Crippen LogP contribution in [0.25, 0.3) is 0 Å². The van der Waals surface area contributed by atoms with E-state index in [-0.39, 0.29) is 5.91 Å². The number of carbonyl (C=O) groups excluding carboxylic acids is 1. The van der Waals surface area contributed by atoms with Crippen LogP contribution >= 0.6 is 0 Å². The van der Waals surface area contributed by atoms with E-state index in [0.717, 1.165) is 24.4 Å². The smallest absolute Gasteiger partial charge is 0.246 e. The fourth-order valence-electron chi connectivity index (χ4n) is 2.61. The van der Waals surface area contributed by atoms with Crippen LogP contribution in [0.3, 0.4) is 0 Å². The van der Waals surface area contributed by atoms with Gasteiger partial charge in [0.25, 0.3) is 0 Å². The van der Waals surface area contributed by atoms with Gasteiger partial charge in [-0.05, 0) is 24.6 Å². The minimum absolute atomic E-state index is 0.0791. The molecule has 0 bridgehead atoms. The molecular weight excluding hydrogens is 244 g/mol. The van der Waals surface area contributed by atoms with E-state index in [1.165, 1.54) is 0 Å². The summed E-state index contributed by atoms with van der Waals surface area (Å²) < 4.78 is 11.1.